The van der Waals surface area contributed by atoms with Gasteiger partial charge in [0.25, 0.3) is 5.91 Å². The number of hydrogen-bond donors (Lipinski definition) is 0. The Bertz CT molecular complexity index is 725. The highest BCUT2D eigenvalue weighted by atomic mass is 35.5. The lowest BCUT2D eigenvalue weighted by Crippen LogP contribution is -2.24. The molecule has 2 aromatic rings. The number of nitrogens with zero attached hydrogens (tertiary/aromatic N) is 2. The number of carbonyl (C=O) groups excluding carboxylic acids is 1. The number of thiazole rings is 1. The van der Waals surface area contributed by atoms with Gasteiger partial charge in [-0.05, 0) is 24.5 Å². The standard InChI is InChI=1S/C15H19ClN2OS2/c1-15(2,3)13(19)17-14-18(7-8-20-4)11-6-5-10(16)9-12(11)21-14/h5-6,9H,7-8H2,1-4H3. The van der Waals surface area contributed by atoms with Gasteiger partial charge in [-0.25, -0.2) is 0 Å². The van der Waals surface area contributed by atoms with Gasteiger partial charge in [0.1, 0.15) is 0 Å². The topological polar surface area (TPSA) is 34.4 Å². The highest BCUT2D eigenvalue weighted by molar-refractivity contribution is 7.98. The molecule has 2 rings (SSSR count). The van der Waals surface area contributed by atoms with Gasteiger partial charge in [0.05, 0.1) is 10.2 Å². The summed E-state index contributed by atoms with van der Waals surface area (Å²) >= 11 is 9.35. The largest absolute Gasteiger partial charge is 0.316 e. The summed E-state index contributed by atoms with van der Waals surface area (Å²) in [7, 11) is 0. The molecule has 0 saturated carbocycles. The fourth-order valence-electron chi connectivity index (χ4n) is 1.79. The molecular weight excluding hydrogens is 324 g/mol. The van der Waals surface area contributed by atoms with E-state index in [4.69, 9.17) is 11.6 Å². The van der Waals surface area contributed by atoms with Crippen molar-refractivity contribution in [3.63, 3.8) is 0 Å². The third-order valence-corrected chi connectivity index (χ3v) is 4.87. The minimum absolute atomic E-state index is 0.0990. The molecule has 6 heteroatoms. The molecule has 0 aliphatic carbocycles. The molecule has 1 aromatic heterocycles. The van der Waals surface area contributed by atoms with Gasteiger partial charge in [-0.15, -0.1) is 0 Å². The molecule has 0 unspecified atom stereocenters. The maximum Gasteiger partial charge on any atom is 0.253 e. The Labute approximate surface area is 138 Å². The summed E-state index contributed by atoms with van der Waals surface area (Å²) in [4.78, 5) is 17.3. The van der Waals surface area contributed by atoms with Gasteiger partial charge >= 0.3 is 0 Å². The zero-order chi connectivity index (χ0) is 15.6. The molecule has 1 amide bonds. The maximum absolute atomic E-state index is 12.2. The Kier molecular flexibility index (Phi) is 5.17. The second-order valence-corrected chi connectivity index (χ2v) is 8.24. The second-order valence-electron chi connectivity index (χ2n) is 5.81. The number of fused-ring (bicyclic) bond motifs is 1. The number of thioether (sulfide) groups is 1. The van der Waals surface area contributed by atoms with Gasteiger partial charge in [-0.3, -0.25) is 4.79 Å². The molecule has 3 nitrogen and oxygen atoms in total. The van der Waals surface area contributed by atoms with Crippen LogP contribution in [-0.4, -0.2) is 22.5 Å². The van der Waals surface area contributed by atoms with Crippen LogP contribution < -0.4 is 4.80 Å². The third kappa shape index (κ3) is 3.90. The van der Waals surface area contributed by atoms with Crippen molar-refractivity contribution in [2.75, 3.05) is 12.0 Å². The summed E-state index contributed by atoms with van der Waals surface area (Å²) in [5.41, 5.74) is 0.615. The van der Waals surface area contributed by atoms with E-state index in [-0.39, 0.29) is 5.91 Å². The van der Waals surface area contributed by atoms with Crippen molar-refractivity contribution < 1.29 is 4.79 Å². The van der Waals surface area contributed by atoms with E-state index in [1.807, 2.05) is 39.0 Å². The van der Waals surface area contributed by atoms with E-state index in [2.05, 4.69) is 15.8 Å². The van der Waals surface area contributed by atoms with Crippen LogP contribution in [0.4, 0.5) is 0 Å². The predicted octanol–water partition coefficient (Wildman–Crippen LogP) is 4.19. The van der Waals surface area contributed by atoms with Crippen molar-refractivity contribution in [2.24, 2.45) is 10.4 Å². The van der Waals surface area contributed by atoms with Crippen LogP contribution in [0.5, 0.6) is 0 Å². The SMILES string of the molecule is CSCCn1c(=NC(=O)C(C)(C)C)sc2cc(Cl)ccc21. The number of aromatic nitrogens is 1. The van der Waals surface area contributed by atoms with E-state index in [1.54, 1.807) is 11.8 Å². The summed E-state index contributed by atoms with van der Waals surface area (Å²) in [6.45, 7) is 6.48. The fraction of sp³-hybridized carbons (Fsp3) is 0.467. The van der Waals surface area contributed by atoms with E-state index < -0.39 is 5.41 Å². The average Bonchev–Trinajstić information content (AvgIpc) is 2.71. The highest BCUT2D eigenvalue weighted by Gasteiger charge is 2.21. The molecule has 0 aliphatic heterocycles. The van der Waals surface area contributed by atoms with Gasteiger partial charge < -0.3 is 4.57 Å². The van der Waals surface area contributed by atoms with Crippen LogP contribution in [0.1, 0.15) is 20.8 Å². The van der Waals surface area contributed by atoms with Crippen LogP contribution in [0, 0.1) is 5.41 Å². The molecule has 21 heavy (non-hydrogen) atoms. The van der Waals surface area contributed by atoms with Crippen LogP contribution in [0.2, 0.25) is 5.02 Å². The van der Waals surface area contributed by atoms with Crippen molar-refractivity contribution in [1.29, 1.82) is 0 Å². The van der Waals surface area contributed by atoms with Crippen LogP contribution in [0.25, 0.3) is 10.2 Å². The highest BCUT2D eigenvalue weighted by Crippen LogP contribution is 2.22. The number of hydrogen-bond acceptors (Lipinski definition) is 3. The van der Waals surface area contributed by atoms with Gasteiger partial charge in [0.15, 0.2) is 4.80 Å². The zero-order valence-electron chi connectivity index (χ0n) is 12.6. The molecule has 114 valence electrons. The molecule has 1 heterocycles. The smallest absolute Gasteiger partial charge is 0.253 e. The molecule has 0 radical (unpaired) electrons. The van der Waals surface area contributed by atoms with E-state index in [9.17, 15) is 4.79 Å². The summed E-state index contributed by atoms with van der Waals surface area (Å²) in [5.74, 6) is 0.879. The minimum Gasteiger partial charge on any atom is -0.316 e. The number of carbonyl (C=O) groups is 1. The molecule has 0 saturated heterocycles. The molecule has 0 bridgehead atoms. The Balaban J connectivity index is 2.61. The molecule has 0 aliphatic rings. The third-order valence-electron chi connectivity index (χ3n) is 3.00. The average molecular weight is 343 g/mol. The first-order valence-electron chi connectivity index (χ1n) is 6.70. The van der Waals surface area contributed by atoms with Gasteiger partial charge in [0.2, 0.25) is 0 Å². The van der Waals surface area contributed by atoms with Crippen molar-refractivity contribution >= 4 is 50.8 Å². The summed E-state index contributed by atoms with van der Waals surface area (Å²) in [5, 5.41) is 0.703. The normalized spacial score (nSPS) is 13.1. The van der Waals surface area contributed by atoms with Crippen LogP contribution in [0.15, 0.2) is 23.2 Å². The lowest BCUT2D eigenvalue weighted by atomic mass is 9.96. The fourth-order valence-corrected chi connectivity index (χ4v) is 3.48. The Morgan fingerprint density at radius 2 is 2.14 bits per heavy atom. The number of aryl methyl sites for hydroxylation is 1. The van der Waals surface area contributed by atoms with Gasteiger partial charge in [-0.2, -0.15) is 16.8 Å². The zero-order valence-corrected chi connectivity index (χ0v) is 15.0. The van der Waals surface area contributed by atoms with E-state index in [1.165, 1.54) is 11.3 Å². The van der Waals surface area contributed by atoms with Crippen molar-refractivity contribution in [1.82, 2.24) is 4.57 Å². The lowest BCUT2D eigenvalue weighted by Gasteiger charge is -2.12. The first-order valence-corrected chi connectivity index (χ1v) is 9.29. The number of benzene rings is 1. The number of rotatable bonds is 3. The van der Waals surface area contributed by atoms with E-state index in [0.29, 0.717) is 5.02 Å². The predicted molar refractivity (Wildman–Crippen MR) is 93.2 cm³/mol. The molecule has 0 fully saturated rings. The minimum atomic E-state index is -0.467. The maximum atomic E-state index is 12.2. The monoisotopic (exact) mass is 342 g/mol. The summed E-state index contributed by atoms with van der Waals surface area (Å²) < 4.78 is 3.17. The van der Waals surface area contributed by atoms with Crippen LogP contribution in [0.3, 0.4) is 0 Å². The summed E-state index contributed by atoms with van der Waals surface area (Å²) in [6, 6.07) is 5.80. The Morgan fingerprint density at radius 1 is 1.43 bits per heavy atom. The quantitative estimate of drug-likeness (QED) is 0.838. The first-order chi connectivity index (χ1) is 9.82. The van der Waals surface area contributed by atoms with Gasteiger partial charge in [-0.1, -0.05) is 43.7 Å². The van der Waals surface area contributed by atoms with Crippen molar-refractivity contribution in [3.05, 3.63) is 28.0 Å². The number of amides is 1. The van der Waals surface area contributed by atoms with Crippen LogP contribution in [-0.2, 0) is 11.3 Å². The van der Waals surface area contributed by atoms with Crippen molar-refractivity contribution in [3.8, 4) is 0 Å². The number of halogens is 1. The molecule has 0 N–H and O–H groups in total. The first kappa shape index (κ1) is 16.6. The lowest BCUT2D eigenvalue weighted by molar-refractivity contribution is -0.125. The second kappa shape index (κ2) is 6.55. The Hall–Kier alpha value is -0.780. The molecule has 0 spiro atoms. The molecular formula is C15H19ClN2OS2. The van der Waals surface area contributed by atoms with E-state index >= 15 is 0 Å². The molecule has 1 aromatic carbocycles. The van der Waals surface area contributed by atoms with Gasteiger partial charge in [0, 0.05) is 22.7 Å². The van der Waals surface area contributed by atoms with Crippen LogP contribution >= 0.6 is 34.7 Å². The Morgan fingerprint density at radius 3 is 2.76 bits per heavy atom. The summed E-state index contributed by atoms with van der Waals surface area (Å²) in [6.07, 6.45) is 2.07. The van der Waals surface area contributed by atoms with E-state index in [0.717, 1.165) is 27.3 Å². The van der Waals surface area contributed by atoms with Crippen molar-refractivity contribution in [2.45, 2.75) is 27.3 Å². The molecule has 0 atom stereocenters.